The van der Waals surface area contributed by atoms with Crippen LogP contribution in [0.25, 0.3) is 0 Å². The van der Waals surface area contributed by atoms with Gasteiger partial charge in [0.1, 0.15) is 0 Å². The fraction of sp³-hybridized carbons (Fsp3) is 0.500. The molecule has 0 saturated heterocycles. The summed E-state index contributed by atoms with van der Waals surface area (Å²) < 4.78 is 26.1. The molecule has 1 aromatic carbocycles. The average Bonchev–Trinajstić information content (AvgIpc) is 2.51. The maximum Gasteiger partial charge on any atom is 0.237 e. The third kappa shape index (κ3) is 2.30. The number of para-hydroxylation sites is 1. The Balaban J connectivity index is 2.49. The minimum Gasteiger partial charge on any atom is -0.311 e. The van der Waals surface area contributed by atoms with Gasteiger partial charge in [0, 0.05) is 19.6 Å². The topological polar surface area (TPSA) is 49.4 Å². The number of fused-ring (bicyclic) bond motifs is 1. The van der Waals surface area contributed by atoms with E-state index < -0.39 is 15.3 Å². The highest BCUT2D eigenvalue weighted by Crippen LogP contribution is 2.26. The molecule has 1 N–H and O–H groups in total. The van der Waals surface area contributed by atoms with Gasteiger partial charge in [-0.3, -0.25) is 4.31 Å². The lowest BCUT2D eigenvalue weighted by molar-refractivity contribution is 0.581. The molecule has 0 amide bonds. The van der Waals surface area contributed by atoms with Crippen molar-refractivity contribution in [1.29, 1.82) is 0 Å². The zero-order chi connectivity index (χ0) is 12.5. The molecule has 0 fully saturated rings. The number of benzene rings is 1. The molecule has 1 aliphatic heterocycles. The summed E-state index contributed by atoms with van der Waals surface area (Å²) in [6.45, 7) is 5.34. The predicted molar refractivity (Wildman–Crippen MR) is 69.6 cm³/mol. The van der Waals surface area contributed by atoms with Crippen LogP contribution in [0.4, 0.5) is 5.69 Å². The second-order valence-electron chi connectivity index (χ2n) is 4.47. The van der Waals surface area contributed by atoms with Crippen molar-refractivity contribution in [1.82, 2.24) is 5.32 Å². The van der Waals surface area contributed by atoms with Crippen molar-refractivity contribution < 1.29 is 8.42 Å². The van der Waals surface area contributed by atoms with Crippen molar-refractivity contribution in [2.75, 3.05) is 17.4 Å². The average molecular weight is 254 g/mol. The zero-order valence-electron chi connectivity index (χ0n) is 10.2. The van der Waals surface area contributed by atoms with Crippen LogP contribution in [0.5, 0.6) is 0 Å². The Morgan fingerprint density at radius 2 is 2.00 bits per heavy atom. The molecule has 0 atom stereocenters. The number of hydrogen-bond acceptors (Lipinski definition) is 3. The van der Waals surface area contributed by atoms with Crippen molar-refractivity contribution >= 4 is 15.7 Å². The fourth-order valence-corrected chi connectivity index (χ4v) is 3.25. The lowest BCUT2D eigenvalue weighted by atomic mass is 10.2. The minimum absolute atomic E-state index is 0.395. The number of rotatable bonds is 2. The zero-order valence-corrected chi connectivity index (χ0v) is 11.0. The van der Waals surface area contributed by atoms with Gasteiger partial charge in [0.2, 0.25) is 10.0 Å². The highest BCUT2D eigenvalue weighted by atomic mass is 32.2. The number of nitrogens with zero attached hydrogens (tertiary/aromatic N) is 1. The first-order valence-electron chi connectivity index (χ1n) is 5.83. The second-order valence-corrected chi connectivity index (χ2v) is 6.88. The van der Waals surface area contributed by atoms with Gasteiger partial charge in [-0.05, 0) is 25.5 Å². The van der Waals surface area contributed by atoms with E-state index in [4.69, 9.17) is 0 Å². The molecule has 0 aliphatic carbocycles. The number of nitrogens with one attached hydrogen (secondary N) is 1. The Labute approximate surface area is 103 Å². The minimum atomic E-state index is -3.24. The molecule has 1 aromatic rings. The molecule has 1 heterocycles. The fourth-order valence-electron chi connectivity index (χ4n) is 1.95. The molecule has 2 rings (SSSR count). The Kier molecular flexibility index (Phi) is 3.40. The smallest absolute Gasteiger partial charge is 0.237 e. The Bertz CT molecular complexity index is 497. The van der Waals surface area contributed by atoms with Crippen molar-refractivity contribution in [3.05, 3.63) is 29.8 Å². The molecule has 17 heavy (non-hydrogen) atoms. The molecule has 0 spiro atoms. The molecule has 5 heteroatoms. The van der Waals surface area contributed by atoms with E-state index in [0.29, 0.717) is 13.1 Å². The maximum atomic E-state index is 12.3. The SMILES string of the molecule is CC(C)S(=O)(=O)N1CCNCc2ccccc21. The summed E-state index contributed by atoms with van der Waals surface area (Å²) in [7, 11) is -3.24. The molecule has 94 valence electrons. The maximum absolute atomic E-state index is 12.3. The first-order valence-corrected chi connectivity index (χ1v) is 7.34. The Morgan fingerprint density at radius 3 is 2.71 bits per heavy atom. The summed E-state index contributed by atoms with van der Waals surface area (Å²) in [5.74, 6) is 0. The van der Waals surface area contributed by atoms with Crippen LogP contribution in [0.15, 0.2) is 24.3 Å². The summed E-state index contributed by atoms with van der Waals surface area (Å²) >= 11 is 0. The molecule has 0 bridgehead atoms. The molecule has 0 saturated carbocycles. The summed E-state index contributed by atoms with van der Waals surface area (Å²) in [6, 6.07) is 7.66. The second kappa shape index (κ2) is 4.66. The van der Waals surface area contributed by atoms with E-state index in [9.17, 15) is 8.42 Å². The van der Waals surface area contributed by atoms with Gasteiger partial charge in [0.15, 0.2) is 0 Å². The van der Waals surface area contributed by atoms with Crippen LogP contribution < -0.4 is 9.62 Å². The summed E-state index contributed by atoms with van der Waals surface area (Å²) in [5, 5.41) is 2.84. The quantitative estimate of drug-likeness (QED) is 0.866. The summed E-state index contributed by atoms with van der Waals surface area (Å²) in [4.78, 5) is 0. The summed E-state index contributed by atoms with van der Waals surface area (Å²) in [5.41, 5.74) is 1.85. The van der Waals surface area contributed by atoms with Gasteiger partial charge in [-0.25, -0.2) is 8.42 Å². The third-order valence-corrected chi connectivity index (χ3v) is 5.16. The van der Waals surface area contributed by atoms with E-state index in [1.807, 2.05) is 24.3 Å². The number of anilines is 1. The first-order chi connectivity index (χ1) is 8.03. The summed E-state index contributed by atoms with van der Waals surface area (Å²) in [6.07, 6.45) is 0. The molecule has 1 aliphatic rings. The highest BCUT2D eigenvalue weighted by molar-refractivity contribution is 7.93. The number of sulfonamides is 1. The molecular formula is C12H18N2O2S. The van der Waals surface area contributed by atoms with E-state index in [2.05, 4.69) is 5.32 Å². The molecule has 0 radical (unpaired) electrons. The Hall–Kier alpha value is -1.07. The van der Waals surface area contributed by atoms with Crippen LogP contribution in [-0.4, -0.2) is 26.8 Å². The van der Waals surface area contributed by atoms with Crippen LogP contribution >= 0.6 is 0 Å². The molecule has 0 unspecified atom stereocenters. The van der Waals surface area contributed by atoms with Gasteiger partial charge in [0.05, 0.1) is 10.9 Å². The van der Waals surface area contributed by atoms with E-state index in [0.717, 1.165) is 17.8 Å². The van der Waals surface area contributed by atoms with Crippen LogP contribution in [-0.2, 0) is 16.6 Å². The largest absolute Gasteiger partial charge is 0.311 e. The van der Waals surface area contributed by atoms with Crippen LogP contribution in [0, 0.1) is 0 Å². The predicted octanol–water partition coefficient (Wildman–Crippen LogP) is 1.33. The van der Waals surface area contributed by atoms with Crippen molar-refractivity contribution in [3.8, 4) is 0 Å². The molecule has 0 aromatic heterocycles. The van der Waals surface area contributed by atoms with Crippen LogP contribution in [0.1, 0.15) is 19.4 Å². The van der Waals surface area contributed by atoms with E-state index >= 15 is 0 Å². The van der Waals surface area contributed by atoms with Crippen LogP contribution in [0.2, 0.25) is 0 Å². The van der Waals surface area contributed by atoms with Crippen molar-refractivity contribution in [2.24, 2.45) is 0 Å². The van der Waals surface area contributed by atoms with E-state index in [1.165, 1.54) is 4.31 Å². The van der Waals surface area contributed by atoms with Gasteiger partial charge in [-0.15, -0.1) is 0 Å². The standard InChI is InChI=1S/C12H18N2O2S/c1-10(2)17(15,16)14-8-7-13-9-11-5-3-4-6-12(11)14/h3-6,10,13H,7-9H2,1-2H3. The van der Waals surface area contributed by atoms with Crippen molar-refractivity contribution in [3.63, 3.8) is 0 Å². The lowest BCUT2D eigenvalue weighted by Gasteiger charge is -2.26. The monoisotopic (exact) mass is 254 g/mol. The Morgan fingerprint density at radius 1 is 1.29 bits per heavy atom. The number of hydrogen-bond donors (Lipinski definition) is 1. The lowest BCUT2D eigenvalue weighted by Crippen LogP contribution is -2.39. The highest BCUT2D eigenvalue weighted by Gasteiger charge is 2.28. The van der Waals surface area contributed by atoms with E-state index in [1.54, 1.807) is 13.8 Å². The van der Waals surface area contributed by atoms with Gasteiger partial charge in [-0.2, -0.15) is 0 Å². The third-order valence-electron chi connectivity index (χ3n) is 2.97. The normalized spacial score (nSPS) is 16.8. The molecular weight excluding hydrogens is 236 g/mol. The van der Waals surface area contributed by atoms with Gasteiger partial charge >= 0.3 is 0 Å². The van der Waals surface area contributed by atoms with Gasteiger partial charge < -0.3 is 5.32 Å². The first kappa shape index (κ1) is 12.4. The molecule has 4 nitrogen and oxygen atoms in total. The van der Waals surface area contributed by atoms with Crippen molar-refractivity contribution in [2.45, 2.75) is 25.6 Å². The van der Waals surface area contributed by atoms with Gasteiger partial charge in [-0.1, -0.05) is 18.2 Å². The van der Waals surface area contributed by atoms with Gasteiger partial charge in [0.25, 0.3) is 0 Å². The van der Waals surface area contributed by atoms with Crippen LogP contribution in [0.3, 0.4) is 0 Å². The van der Waals surface area contributed by atoms with E-state index in [-0.39, 0.29) is 0 Å².